The van der Waals surface area contributed by atoms with E-state index in [0.717, 1.165) is 33.9 Å². The molecule has 0 saturated heterocycles. The van der Waals surface area contributed by atoms with E-state index in [9.17, 15) is 0 Å². The largest absolute Gasteiger partial charge is 0.310 e. The molecule has 0 bridgehead atoms. The Bertz CT molecular complexity index is 3330. The monoisotopic (exact) mass is 790 g/mol. The summed E-state index contributed by atoms with van der Waals surface area (Å²) in [6.07, 6.45) is 0. The number of hydrogen-bond acceptors (Lipinski definition) is 1. The molecular weight excluding hydrogens is 749 g/mol. The van der Waals surface area contributed by atoms with Gasteiger partial charge in [-0.15, -0.1) is 0 Å². The van der Waals surface area contributed by atoms with E-state index in [0.29, 0.717) is 0 Å². The number of aromatic nitrogens is 1. The molecule has 0 aliphatic carbocycles. The van der Waals surface area contributed by atoms with Crippen LogP contribution >= 0.6 is 0 Å². The molecule has 1 heterocycles. The van der Waals surface area contributed by atoms with Crippen LogP contribution in [-0.2, 0) is 0 Å². The van der Waals surface area contributed by atoms with E-state index in [2.05, 4.69) is 264 Å². The van der Waals surface area contributed by atoms with Crippen LogP contribution in [0.3, 0.4) is 0 Å². The lowest BCUT2D eigenvalue weighted by molar-refractivity contribution is 1.18. The van der Waals surface area contributed by atoms with Gasteiger partial charge in [0, 0.05) is 33.4 Å². The van der Waals surface area contributed by atoms with Crippen LogP contribution in [0.4, 0.5) is 17.1 Å². The number of para-hydroxylation sites is 3. The summed E-state index contributed by atoms with van der Waals surface area (Å²) in [5.41, 5.74) is 18.7. The van der Waals surface area contributed by atoms with Crippen LogP contribution in [0.25, 0.3) is 83.1 Å². The van der Waals surface area contributed by atoms with Crippen molar-refractivity contribution in [1.82, 2.24) is 4.57 Å². The average Bonchev–Trinajstić information content (AvgIpc) is 3.69. The summed E-state index contributed by atoms with van der Waals surface area (Å²) in [6.45, 7) is 0. The SMILES string of the molecule is c1ccc(-c2ccc(N(c3cccc(-c4ccc5c(c4)c4ccccc4n5-c4ccccc4)c3)c3ccccc3-c3ccccc3-c3ccccc3-c3ccccc3)cc2)cc1. The highest BCUT2D eigenvalue weighted by Crippen LogP contribution is 2.46. The van der Waals surface area contributed by atoms with Crippen LogP contribution in [0.15, 0.2) is 255 Å². The molecular formula is C60H42N2. The van der Waals surface area contributed by atoms with Crippen molar-refractivity contribution >= 4 is 38.9 Å². The van der Waals surface area contributed by atoms with Crippen molar-refractivity contribution in [3.63, 3.8) is 0 Å². The molecule has 2 heteroatoms. The lowest BCUT2D eigenvalue weighted by Gasteiger charge is -2.29. The van der Waals surface area contributed by atoms with E-state index in [4.69, 9.17) is 0 Å². The number of rotatable bonds is 9. The maximum absolute atomic E-state index is 2.42. The summed E-state index contributed by atoms with van der Waals surface area (Å²) in [4.78, 5) is 2.42. The second kappa shape index (κ2) is 16.1. The zero-order chi connectivity index (χ0) is 41.2. The molecule has 0 aliphatic rings. The van der Waals surface area contributed by atoms with E-state index >= 15 is 0 Å². The van der Waals surface area contributed by atoms with Crippen LogP contribution in [0, 0.1) is 0 Å². The zero-order valence-corrected chi connectivity index (χ0v) is 34.1. The van der Waals surface area contributed by atoms with Crippen molar-refractivity contribution in [2.24, 2.45) is 0 Å². The maximum atomic E-state index is 2.42. The summed E-state index contributed by atoms with van der Waals surface area (Å²) in [7, 11) is 0. The minimum absolute atomic E-state index is 1.08. The van der Waals surface area contributed by atoms with Crippen LogP contribution < -0.4 is 4.90 Å². The highest BCUT2D eigenvalue weighted by Gasteiger charge is 2.21. The van der Waals surface area contributed by atoms with Crippen molar-refractivity contribution in [1.29, 1.82) is 0 Å². The fourth-order valence-electron chi connectivity index (χ4n) is 9.13. The lowest BCUT2D eigenvalue weighted by Crippen LogP contribution is -2.11. The van der Waals surface area contributed by atoms with E-state index in [1.54, 1.807) is 0 Å². The summed E-state index contributed by atoms with van der Waals surface area (Å²) >= 11 is 0. The first kappa shape index (κ1) is 36.8. The Labute approximate surface area is 362 Å². The van der Waals surface area contributed by atoms with Crippen molar-refractivity contribution < 1.29 is 0 Å². The van der Waals surface area contributed by atoms with Gasteiger partial charge in [0.05, 0.1) is 16.7 Å². The Kier molecular flexibility index (Phi) is 9.57. The predicted molar refractivity (Wildman–Crippen MR) is 263 cm³/mol. The van der Waals surface area contributed by atoms with Crippen molar-refractivity contribution in [2.45, 2.75) is 0 Å². The van der Waals surface area contributed by atoms with Gasteiger partial charge in [-0.2, -0.15) is 0 Å². The molecule has 0 radical (unpaired) electrons. The molecule has 0 aliphatic heterocycles. The molecule has 1 aromatic heterocycles. The van der Waals surface area contributed by atoms with E-state index in [1.165, 1.54) is 66.3 Å². The highest BCUT2D eigenvalue weighted by atomic mass is 15.1. The molecule has 0 unspecified atom stereocenters. The Morgan fingerprint density at radius 1 is 0.258 bits per heavy atom. The summed E-state index contributed by atoms with van der Waals surface area (Å²) in [5.74, 6) is 0. The van der Waals surface area contributed by atoms with Gasteiger partial charge in [0.2, 0.25) is 0 Å². The summed E-state index contributed by atoms with van der Waals surface area (Å²) in [6, 6.07) is 92.1. The second-order valence-electron chi connectivity index (χ2n) is 15.7. The molecule has 0 atom stereocenters. The second-order valence-corrected chi connectivity index (χ2v) is 15.7. The lowest BCUT2D eigenvalue weighted by atomic mass is 9.88. The molecule has 292 valence electrons. The van der Waals surface area contributed by atoms with Gasteiger partial charge < -0.3 is 9.47 Å². The Balaban J connectivity index is 1.08. The average molecular weight is 791 g/mol. The molecule has 2 nitrogen and oxygen atoms in total. The smallest absolute Gasteiger partial charge is 0.0541 e. The zero-order valence-electron chi connectivity index (χ0n) is 34.1. The van der Waals surface area contributed by atoms with Gasteiger partial charge in [0.1, 0.15) is 0 Å². The third kappa shape index (κ3) is 6.74. The number of fused-ring (bicyclic) bond motifs is 3. The minimum atomic E-state index is 1.08. The molecule has 0 spiro atoms. The van der Waals surface area contributed by atoms with Gasteiger partial charge in [0.25, 0.3) is 0 Å². The van der Waals surface area contributed by atoms with Crippen LogP contribution in [0.1, 0.15) is 0 Å². The van der Waals surface area contributed by atoms with Crippen molar-refractivity contribution in [2.75, 3.05) is 4.90 Å². The number of anilines is 3. The molecule has 11 aromatic rings. The molecule has 0 N–H and O–H groups in total. The van der Waals surface area contributed by atoms with Gasteiger partial charge in [-0.3, -0.25) is 0 Å². The summed E-state index contributed by atoms with van der Waals surface area (Å²) in [5, 5.41) is 2.48. The number of hydrogen-bond donors (Lipinski definition) is 0. The maximum Gasteiger partial charge on any atom is 0.0541 e. The van der Waals surface area contributed by atoms with Crippen molar-refractivity contribution in [3.05, 3.63) is 255 Å². The Morgan fingerprint density at radius 2 is 0.742 bits per heavy atom. The predicted octanol–water partition coefficient (Wildman–Crippen LogP) is 16.6. The molecule has 62 heavy (non-hydrogen) atoms. The van der Waals surface area contributed by atoms with Gasteiger partial charge in [-0.25, -0.2) is 0 Å². The van der Waals surface area contributed by atoms with Gasteiger partial charge in [-0.05, 0) is 111 Å². The van der Waals surface area contributed by atoms with Crippen LogP contribution in [0.2, 0.25) is 0 Å². The van der Waals surface area contributed by atoms with E-state index < -0.39 is 0 Å². The highest BCUT2D eigenvalue weighted by molar-refractivity contribution is 6.10. The van der Waals surface area contributed by atoms with Gasteiger partial charge >= 0.3 is 0 Å². The number of benzene rings is 10. The Morgan fingerprint density at radius 3 is 1.47 bits per heavy atom. The first-order chi connectivity index (χ1) is 30.8. The molecule has 11 rings (SSSR count). The normalized spacial score (nSPS) is 11.2. The molecule has 0 saturated carbocycles. The fraction of sp³-hybridized carbons (Fsp3) is 0. The van der Waals surface area contributed by atoms with Crippen LogP contribution in [-0.4, -0.2) is 4.57 Å². The third-order valence-electron chi connectivity index (χ3n) is 12.0. The standard InChI is InChI=1S/C60H42N2/c1-4-19-43(20-5-1)44-35-38-49(39-36-44)61(58-33-16-14-31-55(58)54-30-13-12-29-53(54)52-28-11-10-27-51(52)45-21-6-2-7-22-45)50-26-18-23-46(41-50)47-37-40-60-57(42-47)56-32-15-17-34-59(56)62(60)48-24-8-3-9-25-48/h1-42H. The van der Waals surface area contributed by atoms with Gasteiger partial charge in [-0.1, -0.05) is 194 Å². The third-order valence-corrected chi connectivity index (χ3v) is 12.0. The number of nitrogens with zero attached hydrogens (tertiary/aromatic N) is 2. The molecule has 0 fully saturated rings. The van der Waals surface area contributed by atoms with E-state index in [1.807, 2.05) is 0 Å². The quantitative estimate of drug-likeness (QED) is 0.141. The summed E-state index contributed by atoms with van der Waals surface area (Å²) < 4.78 is 2.37. The van der Waals surface area contributed by atoms with Crippen LogP contribution in [0.5, 0.6) is 0 Å². The first-order valence-corrected chi connectivity index (χ1v) is 21.3. The molecule has 10 aromatic carbocycles. The van der Waals surface area contributed by atoms with Gasteiger partial charge in [0.15, 0.2) is 0 Å². The fourth-order valence-corrected chi connectivity index (χ4v) is 9.13. The Hall–Kier alpha value is -8.20. The topological polar surface area (TPSA) is 8.17 Å². The molecule has 0 amide bonds. The van der Waals surface area contributed by atoms with Crippen molar-refractivity contribution in [3.8, 4) is 61.3 Å². The minimum Gasteiger partial charge on any atom is -0.310 e. The van der Waals surface area contributed by atoms with E-state index in [-0.39, 0.29) is 0 Å². The first-order valence-electron chi connectivity index (χ1n) is 21.3.